The Hall–Kier alpha value is -2.53. The lowest BCUT2D eigenvalue weighted by Gasteiger charge is -2.50. The maximum atomic E-state index is 14.5. The summed E-state index contributed by atoms with van der Waals surface area (Å²) >= 11 is 0. The molecule has 3 heterocycles. The van der Waals surface area contributed by atoms with Crippen molar-refractivity contribution >= 4 is 5.91 Å². The van der Waals surface area contributed by atoms with Crippen LogP contribution in [0.25, 0.3) is 0 Å². The molecule has 2 aromatic rings. The number of aromatic nitrogens is 1. The first kappa shape index (κ1) is 25.6. The van der Waals surface area contributed by atoms with Crippen molar-refractivity contribution in [2.24, 2.45) is 0 Å². The van der Waals surface area contributed by atoms with Gasteiger partial charge in [-0.25, -0.2) is 4.39 Å². The van der Waals surface area contributed by atoms with Gasteiger partial charge in [-0.15, -0.1) is 0 Å². The van der Waals surface area contributed by atoms with Gasteiger partial charge >= 0.3 is 12.1 Å². The molecule has 0 saturated carbocycles. The van der Waals surface area contributed by atoms with Crippen LogP contribution in [0.5, 0.6) is 0 Å². The minimum absolute atomic E-state index is 0.00291. The Kier molecular flexibility index (Phi) is 6.03. The number of aliphatic hydroxyl groups is 1. The van der Waals surface area contributed by atoms with Crippen LogP contribution in [0.4, 0.5) is 26.3 Å². The van der Waals surface area contributed by atoms with Crippen LogP contribution in [0.1, 0.15) is 54.0 Å². The monoisotopic (exact) mass is 503 g/mol. The quantitative estimate of drug-likeness (QED) is 0.624. The molecule has 0 radical (unpaired) electrons. The Bertz CT molecular complexity index is 1130. The molecule has 192 valence electrons. The fourth-order valence-corrected chi connectivity index (χ4v) is 5.24. The fraction of sp³-hybridized carbons (Fsp3) is 0.542. The maximum absolute atomic E-state index is 14.5. The van der Waals surface area contributed by atoms with E-state index in [-0.39, 0.29) is 37.3 Å². The molecule has 1 aromatic heterocycles. The molecule has 11 heteroatoms. The summed E-state index contributed by atoms with van der Waals surface area (Å²) in [6, 6.07) is 6.04. The van der Waals surface area contributed by atoms with Crippen molar-refractivity contribution < 1.29 is 36.2 Å². The molecule has 4 rings (SSSR count). The second-order valence-corrected chi connectivity index (χ2v) is 9.83. The van der Waals surface area contributed by atoms with E-state index in [4.69, 9.17) is 0 Å². The van der Waals surface area contributed by atoms with E-state index in [0.29, 0.717) is 18.5 Å². The Balaban J connectivity index is 1.58. The van der Waals surface area contributed by atoms with Crippen molar-refractivity contribution in [3.63, 3.8) is 0 Å². The maximum Gasteiger partial charge on any atom is 0.459 e. The van der Waals surface area contributed by atoms with Crippen LogP contribution in [-0.4, -0.2) is 58.2 Å². The third-order valence-electron chi connectivity index (χ3n) is 7.28. The molecule has 1 amide bonds. The molecule has 5 nitrogen and oxygen atoms in total. The topological polar surface area (TPSA) is 48.7 Å². The minimum atomic E-state index is -5.70. The number of likely N-dealkylation sites (N-methyl/N-ethyl adjacent to an activating group) is 1. The molecule has 0 unspecified atom stereocenters. The van der Waals surface area contributed by atoms with Gasteiger partial charge in [0.25, 0.3) is 5.91 Å². The summed E-state index contributed by atoms with van der Waals surface area (Å²) in [6.07, 6.45) is -5.06. The molecule has 1 aromatic carbocycles. The molecule has 1 saturated heterocycles. The largest absolute Gasteiger partial charge is 0.459 e. The molecule has 2 aliphatic rings. The normalized spacial score (nSPS) is 19.2. The number of nitrogens with zero attached hydrogens (tertiary/aromatic N) is 3. The van der Waals surface area contributed by atoms with Crippen LogP contribution in [0.2, 0.25) is 0 Å². The number of alkyl halides is 5. The van der Waals surface area contributed by atoms with Crippen molar-refractivity contribution in [2.75, 3.05) is 26.7 Å². The molecular weight excluding hydrogens is 476 g/mol. The molecule has 1 fully saturated rings. The van der Waals surface area contributed by atoms with E-state index in [9.17, 15) is 36.2 Å². The predicted octanol–water partition coefficient (Wildman–Crippen LogP) is 4.59. The number of carbonyl (C=O) groups is 1. The Morgan fingerprint density at radius 2 is 1.60 bits per heavy atom. The summed E-state index contributed by atoms with van der Waals surface area (Å²) in [4.78, 5) is 16.5. The van der Waals surface area contributed by atoms with E-state index >= 15 is 0 Å². The summed E-state index contributed by atoms with van der Waals surface area (Å²) in [7, 11) is 1.79. The van der Waals surface area contributed by atoms with Gasteiger partial charge in [0.2, 0.25) is 0 Å². The van der Waals surface area contributed by atoms with Crippen molar-refractivity contribution in [2.45, 2.75) is 56.5 Å². The zero-order valence-electron chi connectivity index (χ0n) is 19.6. The van der Waals surface area contributed by atoms with Gasteiger partial charge in [0.05, 0.1) is 16.8 Å². The highest BCUT2D eigenvalue weighted by molar-refractivity contribution is 5.94. The molecule has 0 atom stereocenters. The SMILES string of the molecule is CN1CCn2c(ccc2C(F)(F)C(F)(F)F)C12CCN(C(=O)c1ccc(C(C)(C)O)c(F)c1)CC2. The van der Waals surface area contributed by atoms with Crippen molar-refractivity contribution in [3.05, 3.63) is 58.7 Å². The summed E-state index contributed by atoms with van der Waals surface area (Å²) in [5.41, 5.74) is -2.75. The number of piperidine rings is 1. The summed E-state index contributed by atoms with van der Waals surface area (Å²) in [5, 5.41) is 10.0. The van der Waals surface area contributed by atoms with Gasteiger partial charge in [0, 0.05) is 43.0 Å². The van der Waals surface area contributed by atoms with Crippen LogP contribution in [0.15, 0.2) is 30.3 Å². The van der Waals surface area contributed by atoms with Crippen molar-refractivity contribution in [3.8, 4) is 0 Å². The number of halogens is 6. The standard InChI is InChI=1S/C24H27F6N3O2/c1-21(2,35)16-5-4-15(14-17(16)25)20(34)32-10-8-22(9-11-32)18-6-7-19(23(26,27)24(28,29)30)33(18)13-12-31(22)3/h4-7,14,35H,8-13H2,1-3H3. The number of amides is 1. The van der Waals surface area contributed by atoms with E-state index in [0.717, 1.165) is 16.7 Å². The van der Waals surface area contributed by atoms with Gasteiger partial charge in [-0.2, -0.15) is 22.0 Å². The van der Waals surface area contributed by atoms with Gasteiger partial charge in [0.1, 0.15) is 5.82 Å². The lowest BCUT2D eigenvalue weighted by atomic mass is 9.81. The Morgan fingerprint density at radius 1 is 0.971 bits per heavy atom. The number of rotatable bonds is 3. The van der Waals surface area contributed by atoms with E-state index in [1.54, 1.807) is 7.05 Å². The number of benzene rings is 1. The van der Waals surface area contributed by atoms with E-state index in [1.165, 1.54) is 36.9 Å². The highest BCUT2D eigenvalue weighted by Crippen LogP contribution is 2.48. The third-order valence-corrected chi connectivity index (χ3v) is 7.28. The first-order valence-electron chi connectivity index (χ1n) is 11.3. The number of hydrogen-bond acceptors (Lipinski definition) is 3. The first-order valence-corrected chi connectivity index (χ1v) is 11.3. The van der Waals surface area contributed by atoms with Crippen molar-refractivity contribution in [1.29, 1.82) is 0 Å². The summed E-state index contributed by atoms with van der Waals surface area (Å²) < 4.78 is 83.0. The second-order valence-electron chi connectivity index (χ2n) is 9.83. The molecule has 2 aliphatic heterocycles. The molecule has 1 N–H and O–H groups in total. The van der Waals surface area contributed by atoms with E-state index < -0.39 is 40.7 Å². The number of likely N-dealkylation sites (tertiary alicyclic amines) is 1. The molecule has 0 bridgehead atoms. The van der Waals surface area contributed by atoms with E-state index in [1.807, 2.05) is 4.90 Å². The predicted molar refractivity (Wildman–Crippen MR) is 115 cm³/mol. The van der Waals surface area contributed by atoms with Crippen LogP contribution in [0, 0.1) is 5.82 Å². The van der Waals surface area contributed by atoms with Gasteiger partial charge in [-0.1, -0.05) is 6.07 Å². The lowest BCUT2D eigenvalue weighted by molar-refractivity contribution is -0.292. The van der Waals surface area contributed by atoms with Gasteiger partial charge in [-0.05, 0) is 58.0 Å². The van der Waals surface area contributed by atoms with Crippen LogP contribution < -0.4 is 0 Å². The summed E-state index contributed by atoms with van der Waals surface area (Å²) in [5.74, 6) is -6.10. The van der Waals surface area contributed by atoms with Gasteiger partial charge in [0.15, 0.2) is 0 Å². The highest BCUT2D eigenvalue weighted by atomic mass is 19.4. The van der Waals surface area contributed by atoms with E-state index in [2.05, 4.69) is 0 Å². The highest BCUT2D eigenvalue weighted by Gasteiger charge is 2.61. The Labute approximate surface area is 198 Å². The summed E-state index contributed by atoms with van der Waals surface area (Å²) in [6.45, 7) is 3.58. The van der Waals surface area contributed by atoms with Crippen LogP contribution in [-0.2, 0) is 23.6 Å². The zero-order valence-corrected chi connectivity index (χ0v) is 19.6. The third kappa shape index (κ3) is 4.12. The fourth-order valence-electron chi connectivity index (χ4n) is 5.24. The molecular formula is C24H27F6N3O2. The lowest BCUT2D eigenvalue weighted by Crippen LogP contribution is -2.57. The average Bonchev–Trinajstić information content (AvgIpc) is 3.20. The molecule has 35 heavy (non-hydrogen) atoms. The van der Waals surface area contributed by atoms with Crippen LogP contribution in [0.3, 0.4) is 0 Å². The number of carbonyl (C=O) groups excluding carboxylic acids is 1. The molecule has 1 spiro atoms. The number of fused-ring (bicyclic) bond motifs is 2. The Morgan fingerprint density at radius 3 is 2.14 bits per heavy atom. The van der Waals surface area contributed by atoms with Crippen molar-refractivity contribution in [1.82, 2.24) is 14.4 Å². The van der Waals surface area contributed by atoms with Gasteiger partial charge in [-0.3, -0.25) is 9.69 Å². The second kappa shape index (κ2) is 8.26. The zero-order chi connectivity index (χ0) is 26.0. The average molecular weight is 503 g/mol. The molecule has 0 aliphatic carbocycles. The van der Waals surface area contributed by atoms with Gasteiger partial charge < -0.3 is 14.6 Å². The number of hydrogen-bond donors (Lipinski definition) is 1. The first-order chi connectivity index (χ1) is 16.1. The van der Waals surface area contributed by atoms with Crippen LogP contribution >= 0.6 is 0 Å². The smallest absolute Gasteiger partial charge is 0.386 e. The minimum Gasteiger partial charge on any atom is -0.386 e.